The Balaban J connectivity index is 1.10. The lowest BCUT2D eigenvalue weighted by molar-refractivity contribution is 0.0915. The smallest absolute Gasteiger partial charge is 0.251 e. The van der Waals surface area contributed by atoms with Gasteiger partial charge in [-0.2, -0.15) is 0 Å². The lowest BCUT2D eigenvalue weighted by Gasteiger charge is -2.37. The lowest BCUT2D eigenvalue weighted by atomic mass is 9.83. The highest BCUT2D eigenvalue weighted by atomic mass is 16.3. The maximum absolute atomic E-state index is 12.7. The molecular weight excluding hydrogens is 432 g/mol. The third-order valence-electron chi connectivity index (χ3n) is 8.30. The number of hydrogen-bond donors (Lipinski definition) is 1. The fourth-order valence-corrected chi connectivity index (χ4v) is 6.03. The van der Waals surface area contributed by atoms with E-state index in [-0.39, 0.29) is 5.91 Å². The van der Waals surface area contributed by atoms with E-state index in [9.17, 15) is 4.79 Å². The zero-order valence-electron chi connectivity index (χ0n) is 21.3. The van der Waals surface area contributed by atoms with Gasteiger partial charge in [0.15, 0.2) is 0 Å². The summed E-state index contributed by atoms with van der Waals surface area (Å²) in [5.41, 5.74) is 4.60. The Bertz CT molecular complexity index is 1060. The molecule has 4 heteroatoms. The van der Waals surface area contributed by atoms with Gasteiger partial charge in [-0.3, -0.25) is 9.69 Å². The summed E-state index contributed by atoms with van der Waals surface area (Å²) in [6.45, 7) is 6.70. The Morgan fingerprint density at radius 3 is 2.60 bits per heavy atom. The van der Waals surface area contributed by atoms with E-state index in [1.165, 1.54) is 61.8 Å². The van der Waals surface area contributed by atoms with Crippen LogP contribution in [0.1, 0.15) is 98.7 Å². The molecule has 2 fully saturated rings. The predicted octanol–water partition coefficient (Wildman–Crippen LogP) is 7.41. The van der Waals surface area contributed by atoms with Gasteiger partial charge in [0.1, 0.15) is 5.76 Å². The minimum absolute atomic E-state index is 0.0760. The van der Waals surface area contributed by atoms with E-state index in [2.05, 4.69) is 54.4 Å². The number of fused-ring (bicyclic) bond motifs is 1. The Labute approximate surface area is 210 Å². The van der Waals surface area contributed by atoms with Crippen LogP contribution in [0.3, 0.4) is 0 Å². The minimum atomic E-state index is 0.0760. The van der Waals surface area contributed by atoms with Crippen molar-refractivity contribution >= 4 is 5.91 Å². The fraction of sp³-hybridized carbons (Fsp3) is 0.516. The number of rotatable bonds is 7. The van der Waals surface area contributed by atoms with Gasteiger partial charge < -0.3 is 9.73 Å². The van der Waals surface area contributed by atoms with E-state index in [1.807, 2.05) is 24.5 Å². The van der Waals surface area contributed by atoms with Crippen molar-refractivity contribution in [3.8, 4) is 11.3 Å². The summed E-state index contributed by atoms with van der Waals surface area (Å²) in [5, 5.41) is 3.29. The largest absolute Gasteiger partial charge is 0.464 e. The summed E-state index contributed by atoms with van der Waals surface area (Å²) in [4.78, 5) is 15.4. The van der Waals surface area contributed by atoms with Gasteiger partial charge in [-0.25, -0.2) is 0 Å². The second kappa shape index (κ2) is 11.0. The Kier molecular flexibility index (Phi) is 7.57. The highest BCUT2D eigenvalue weighted by molar-refractivity contribution is 5.94. The number of amides is 1. The molecule has 186 valence electrons. The van der Waals surface area contributed by atoms with Crippen molar-refractivity contribution in [2.75, 3.05) is 13.1 Å². The van der Waals surface area contributed by atoms with E-state index in [4.69, 9.17) is 4.42 Å². The number of benzene rings is 1. The van der Waals surface area contributed by atoms with Crippen LogP contribution in [0, 0.1) is 5.92 Å². The number of hydrogen-bond acceptors (Lipinski definition) is 3. The summed E-state index contributed by atoms with van der Waals surface area (Å²) in [6.07, 6.45) is 11.7. The van der Waals surface area contributed by atoms with Crippen LogP contribution >= 0.6 is 0 Å². The van der Waals surface area contributed by atoms with Crippen LogP contribution in [0.2, 0.25) is 0 Å². The zero-order chi connectivity index (χ0) is 24.2. The first-order valence-electron chi connectivity index (χ1n) is 13.7. The average Bonchev–Trinajstić information content (AvgIpc) is 3.36. The molecule has 4 nitrogen and oxygen atoms in total. The maximum Gasteiger partial charge on any atom is 0.251 e. The van der Waals surface area contributed by atoms with Crippen molar-refractivity contribution in [2.45, 2.75) is 83.2 Å². The van der Waals surface area contributed by atoms with Crippen LogP contribution in [-0.2, 0) is 0 Å². The van der Waals surface area contributed by atoms with Gasteiger partial charge in [-0.1, -0.05) is 44.5 Å². The molecule has 1 amide bonds. The van der Waals surface area contributed by atoms with E-state index in [0.29, 0.717) is 18.0 Å². The van der Waals surface area contributed by atoms with Crippen molar-refractivity contribution in [3.63, 3.8) is 0 Å². The number of carbonyl (C=O) groups is 1. The van der Waals surface area contributed by atoms with Crippen molar-refractivity contribution in [2.24, 2.45) is 5.92 Å². The van der Waals surface area contributed by atoms with Gasteiger partial charge in [0, 0.05) is 28.8 Å². The molecule has 1 atom stereocenters. The highest BCUT2D eigenvalue weighted by Gasteiger charge is 2.28. The lowest BCUT2D eigenvalue weighted by Crippen LogP contribution is -2.39. The zero-order valence-corrected chi connectivity index (χ0v) is 21.3. The SMILES string of the molecule is CC(C)c1ccc(C(=O)NC2CCC(CCN3CCCCC3c3coc4cccc-4c3)CC2)cc1. The maximum atomic E-state index is 12.7. The molecule has 1 N–H and O–H groups in total. The molecule has 2 aliphatic heterocycles. The Morgan fingerprint density at radius 1 is 1.03 bits per heavy atom. The van der Waals surface area contributed by atoms with Gasteiger partial charge in [-0.15, -0.1) is 0 Å². The predicted molar refractivity (Wildman–Crippen MR) is 142 cm³/mol. The first-order valence-corrected chi connectivity index (χ1v) is 13.7. The molecule has 1 unspecified atom stereocenters. The summed E-state index contributed by atoms with van der Waals surface area (Å²) in [7, 11) is 0. The van der Waals surface area contributed by atoms with E-state index >= 15 is 0 Å². The van der Waals surface area contributed by atoms with Gasteiger partial charge in [-0.05, 0) is 99.7 Å². The fourth-order valence-electron chi connectivity index (χ4n) is 6.03. The molecule has 4 aliphatic rings. The second-order valence-electron chi connectivity index (χ2n) is 11.0. The number of piperidine rings is 1. The molecule has 0 radical (unpaired) electrons. The average molecular weight is 473 g/mol. The normalized spacial score (nSPS) is 23.6. The highest BCUT2D eigenvalue weighted by Crippen LogP contribution is 2.36. The third-order valence-corrected chi connectivity index (χ3v) is 8.30. The molecule has 1 aromatic carbocycles. The summed E-state index contributed by atoms with van der Waals surface area (Å²) in [6, 6.07) is 17.5. The molecule has 5 rings (SSSR count). The first kappa shape index (κ1) is 24.1. The molecular formula is C31H40N2O2. The summed E-state index contributed by atoms with van der Waals surface area (Å²) < 4.78 is 5.91. The van der Waals surface area contributed by atoms with E-state index in [1.54, 1.807) is 0 Å². The molecule has 2 aliphatic carbocycles. The summed E-state index contributed by atoms with van der Waals surface area (Å²) in [5.74, 6) is 2.31. The van der Waals surface area contributed by atoms with Crippen LogP contribution in [0.5, 0.6) is 0 Å². The number of nitrogens with one attached hydrogen (secondary N) is 1. The molecule has 35 heavy (non-hydrogen) atoms. The van der Waals surface area contributed by atoms with Crippen LogP contribution in [0.4, 0.5) is 0 Å². The van der Waals surface area contributed by atoms with E-state index < -0.39 is 0 Å². The molecule has 1 saturated carbocycles. The van der Waals surface area contributed by atoms with Gasteiger partial charge in [0.05, 0.1) is 6.26 Å². The first-order chi connectivity index (χ1) is 17.1. The third kappa shape index (κ3) is 5.81. The molecule has 0 spiro atoms. The van der Waals surface area contributed by atoms with Crippen LogP contribution in [-0.4, -0.2) is 29.9 Å². The van der Waals surface area contributed by atoms with Crippen LogP contribution in [0.25, 0.3) is 11.3 Å². The quantitative estimate of drug-likeness (QED) is 0.389. The van der Waals surface area contributed by atoms with Gasteiger partial charge in [0.2, 0.25) is 0 Å². The van der Waals surface area contributed by atoms with Crippen molar-refractivity contribution in [1.29, 1.82) is 0 Å². The molecule has 0 bridgehead atoms. The summed E-state index contributed by atoms with van der Waals surface area (Å²) >= 11 is 0. The van der Waals surface area contributed by atoms with Crippen molar-refractivity contribution in [1.82, 2.24) is 10.2 Å². The standard InChI is InChI=1S/C31H40N2O2/c1-22(2)24-11-13-25(14-12-24)31(34)32-28-15-9-23(10-16-28)17-19-33-18-4-3-7-29(33)27-20-26-6-5-8-30(26)35-21-27/h5-6,8,11-14,20-23,28-29H,3-4,7,9-10,15-19H2,1-2H3,(H,32,34). The Morgan fingerprint density at radius 2 is 1.83 bits per heavy atom. The van der Waals surface area contributed by atoms with Gasteiger partial charge >= 0.3 is 0 Å². The topological polar surface area (TPSA) is 45.5 Å². The van der Waals surface area contributed by atoms with Crippen molar-refractivity contribution in [3.05, 3.63) is 71.5 Å². The molecule has 1 aromatic rings. The molecule has 1 saturated heterocycles. The second-order valence-corrected chi connectivity index (χ2v) is 11.0. The molecule has 0 aromatic heterocycles. The molecule has 2 heterocycles. The number of likely N-dealkylation sites (tertiary alicyclic amines) is 1. The van der Waals surface area contributed by atoms with Gasteiger partial charge in [0.25, 0.3) is 5.91 Å². The van der Waals surface area contributed by atoms with Crippen LogP contribution in [0.15, 0.2) is 59.2 Å². The monoisotopic (exact) mass is 472 g/mol. The Hall–Kier alpha value is -2.59. The minimum Gasteiger partial charge on any atom is -0.464 e. The number of carbonyl (C=O) groups excluding carboxylic acids is 1. The van der Waals surface area contributed by atoms with E-state index in [0.717, 1.165) is 36.6 Å². The van der Waals surface area contributed by atoms with Crippen molar-refractivity contribution < 1.29 is 9.21 Å². The number of nitrogens with zero attached hydrogens (tertiary/aromatic N) is 1. The van der Waals surface area contributed by atoms with Crippen LogP contribution < -0.4 is 5.32 Å².